The van der Waals surface area contributed by atoms with Crippen LogP contribution in [0.5, 0.6) is 0 Å². The van der Waals surface area contributed by atoms with Gasteiger partial charge in [0.05, 0.1) is 0 Å². The second-order valence-corrected chi connectivity index (χ2v) is 3.97. The molecule has 0 aromatic heterocycles. The van der Waals surface area contributed by atoms with Crippen molar-refractivity contribution in [1.82, 2.24) is 0 Å². The Morgan fingerprint density at radius 1 is 1.62 bits per heavy atom. The summed E-state index contributed by atoms with van der Waals surface area (Å²) >= 11 is 8.99. The normalized spacial score (nSPS) is 12.5. The summed E-state index contributed by atoms with van der Waals surface area (Å²) in [6.07, 6.45) is 0. The SMILES string of the molecule is Cc1cccc(C(Br)C(=O)O)c1Cl. The lowest BCUT2D eigenvalue weighted by molar-refractivity contribution is -0.136. The van der Waals surface area contributed by atoms with Crippen molar-refractivity contribution in [2.75, 3.05) is 0 Å². The highest BCUT2D eigenvalue weighted by atomic mass is 79.9. The molecular formula is C9H8BrClO2. The third-order valence-corrected chi connectivity index (χ3v) is 3.11. The van der Waals surface area contributed by atoms with Gasteiger partial charge in [-0.3, -0.25) is 4.79 Å². The van der Waals surface area contributed by atoms with E-state index in [0.29, 0.717) is 10.6 Å². The van der Waals surface area contributed by atoms with Crippen molar-refractivity contribution in [3.63, 3.8) is 0 Å². The molecule has 13 heavy (non-hydrogen) atoms. The van der Waals surface area contributed by atoms with E-state index in [1.165, 1.54) is 0 Å². The molecule has 0 bridgehead atoms. The zero-order chi connectivity index (χ0) is 10.0. The molecule has 0 aliphatic carbocycles. The van der Waals surface area contributed by atoms with E-state index in [2.05, 4.69) is 15.9 Å². The molecule has 0 fully saturated rings. The highest BCUT2D eigenvalue weighted by Crippen LogP contribution is 2.31. The molecule has 1 atom stereocenters. The molecule has 0 saturated carbocycles. The molecule has 0 aliphatic heterocycles. The van der Waals surface area contributed by atoms with Gasteiger partial charge in [-0.2, -0.15) is 0 Å². The van der Waals surface area contributed by atoms with Crippen LogP contribution in [-0.2, 0) is 4.79 Å². The molecule has 2 nitrogen and oxygen atoms in total. The van der Waals surface area contributed by atoms with Crippen molar-refractivity contribution in [1.29, 1.82) is 0 Å². The standard InChI is InChI=1S/C9H8BrClO2/c1-5-3-2-4-6(8(5)11)7(10)9(12)13/h2-4,7H,1H3,(H,12,13). The number of carboxylic acid groups (broad SMARTS) is 1. The van der Waals surface area contributed by atoms with E-state index in [1.807, 2.05) is 13.0 Å². The minimum absolute atomic E-state index is 0.506. The van der Waals surface area contributed by atoms with Crippen LogP contribution in [0.4, 0.5) is 0 Å². The zero-order valence-electron chi connectivity index (χ0n) is 6.92. The van der Waals surface area contributed by atoms with Crippen LogP contribution in [0, 0.1) is 6.92 Å². The second kappa shape index (κ2) is 4.11. The first-order valence-corrected chi connectivity index (χ1v) is 4.95. The maximum absolute atomic E-state index is 10.7. The summed E-state index contributed by atoms with van der Waals surface area (Å²) in [5.74, 6) is -0.938. The predicted molar refractivity (Wildman–Crippen MR) is 55.5 cm³/mol. The summed E-state index contributed by atoms with van der Waals surface area (Å²) in [7, 11) is 0. The van der Waals surface area contributed by atoms with Crippen LogP contribution in [0.3, 0.4) is 0 Å². The highest BCUT2D eigenvalue weighted by Gasteiger charge is 2.18. The fraction of sp³-hybridized carbons (Fsp3) is 0.222. The quantitative estimate of drug-likeness (QED) is 0.832. The molecule has 0 saturated heterocycles. The smallest absolute Gasteiger partial charge is 0.321 e. The van der Waals surface area contributed by atoms with Gasteiger partial charge in [0.2, 0.25) is 0 Å². The third-order valence-electron chi connectivity index (χ3n) is 1.71. The number of hydrogen-bond acceptors (Lipinski definition) is 1. The van der Waals surface area contributed by atoms with E-state index in [9.17, 15) is 4.79 Å². The number of hydrogen-bond donors (Lipinski definition) is 1. The molecule has 1 N–H and O–H groups in total. The Morgan fingerprint density at radius 2 is 2.23 bits per heavy atom. The fourth-order valence-corrected chi connectivity index (χ4v) is 1.75. The Bertz CT molecular complexity index is 338. The van der Waals surface area contributed by atoms with Crippen LogP contribution in [-0.4, -0.2) is 11.1 Å². The number of alkyl halides is 1. The Kier molecular flexibility index (Phi) is 3.33. The zero-order valence-corrected chi connectivity index (χ0v) is 9.26. The Labute approximate surface area is 89.7 Å². The number of halogens is 2. The molecule has 1 rings (SSSR count). The monoisotopic (exact) mass is 262 g/mol. The van der Waals surface area contributed by atoms with E-state index in [4.69, 9.17) is 16.7 Å². The minimum atomic E-state index is -0.938. The van der Waals surface area contributed by atoms with Crippen molar-refractivity contribution < 1.29 is 9.90 Å². The highest BCUT2D eigenvalue weighted by molar-refractivity contribution is 9.09. The maximum Gasteiger partial charge on any atom is 0.321 e. The van der Waals surface area contributed by atoms with Gasteiger partial charge in [0, 0.05) is 5.02 Å². The van der Waals surface area contributed by atoms with Crippen LogP contribution >= 0.6 is 27.5 Å². The van der Waals surface area contributed by atoms with Crippen LogP contribution in [0.1, 0.15) is 16.0 Å². The van der Waals surface area contributed by atoms with Crippen LogP contribution in [0.25, 0.3) is 0 Å². The van der Waals surface area contributed by atoms with Gasteiger partial charge in [-0.05, 0) is 18.1 Å². The number of benzene rings is 1. The second-order valence-electron chi connectivity index (χ2n) is 2.68. The molecule has 0 heterocycles. The first kappa shape index (κ1) is 10.5. The average molecular weight is 264 g/mol. The van der Waals surface area contributed by atoms with Crippen LogP contribution in [0.2, 0.25) is 5.02 Å². The first-order chi connectivity index (χ1) is 6.04. The van der Waals surface area contributed by atoms with E-state index in [-0.39, 0.29) is 0 Å². The summed E-state index contributed by atoms with van der Waals surface area (Å²) in [4.78, 5) is 9.92. The molecule has 1 aromatic rings. The van der Waals surface area contributed by atoms with E-state index >= 15 is 0 Å². The summed E-state index contributed by atoms with van der Waals surface area (Å²) in [6, 6.07) is 5.32. The first-order valence-electron chi connectivity index (χ1n) is 3.66. The molecule has 0 amide bonds. The summed E-state index contributed by atoms with van der Waals surface area (Å²) < 4.78 is 0. The van der Waals surface area contributed by atoms with Gasteiger partial charge in [0.15, 0.2) is 0 Å². The van der Waals surface area contributed by atoms with Gasteiger partial charge in [-0.15, -0.1) is 0 Å². The van der Waals surface area contributed by atoms with Gasteiger partial charge < -0.3 is 5.11 Å². The van der Waals surface area contributed by atoms with Crippen molar-refractivity contribution in [3.05, 3.63) is 34.3 Å². The van der Waals surface area contributed by atoms with Crippen molar-refractivity contribution in [2.45, 2.75) is 11.8 Å². The molecule has 0 spiro atoms. The lowest BCUT2D eigenvalue weighted by Crippen LogP contribution is -2.05. The van der Waals surface area contributed by atoms with Gasteiger partial charge in [-0.1, -0.05) is 45.7 Å². The predicted octanol–water partition coefficient (Wildman–Crippen LogP) is 3.17. The van der Waals surface area contributed by atoms with Gasteiger partial charge in [-0.25, -0.2) is 0 Å². The van der Waals surface area contributed by atoms with Gasteiger partial charge in [0.25, 0.3) is 0 Å². The summed E-state index contributed by atoms with van der Waals surface area (Å²) in [5, 5.41) is 9.25. The van der Waals surface area contributed by atoms with E-state index in [0.717, 1.165) is 5.56 Å². The number of carboxylic acids is 1. The van der Waals surface area contributed by atoms with E-state index < -0.39 is 10.8 Å². The topological polar surface area (TPSA) is 37.3 Å². The number of carbonyl (C=O) groups is 1. The molecule has 1 unspecified atom stereocenters. The number of aliphatic carboxylic acids is 1. The molecule has 1 aromatic carbocycles. The maximum atomic E-state index is 10.7. The Balaban J connectivity index is 3.15. The molecular weight excluding hydrogens is 255 g/mol. The number of aryl methyl sites for hydroxylation is 1. The van der Waals surface area contributed by atoms with Gasteiger partial charge >= 0.3 is 5.97 Å². The third kappa shape index (κ3) is 2.23. The van der Waals surface area contributed by atoms with Crippen LogP contribution in [0.15, 0.2) is 18.2 Å². The molecule has 0 radical (unpaired) electrons. The molecule has 70 valence electrons. The van der Waals surface area contributed by atoms with Crippen molar-refractivity contribution in [3.8, 4) is 0 Å². The number of rotatable bonds is 2. The van der Waals surface area contributed by atoms with Crippen molar-refractivity contribution >= 4 is 33.5 Å². The Morgan fingerprint density at radius 3 is 2.77 bits per heavy atom. The van der Waals surface area contributed by atoms with Gasteiger partial charge in [0.1, 0.15) is 4.83 Å². The van der Waals surface area contributed by atoms with Crippen LogP contribution < -0.4 is 0 Å². The summed E-state index contributed by atoms with van der Waals surface area (Å²) in [5.41, 5.74) is 1.47. The lowest BCUT2D eigenvalue weighted by atomic mass is 10.1. The molecule has 0 aliphatic rings. The average Bonchev–Trinajstić information content (AvgIpc) is 2.08. The fourth-order valence-electron chi connectivity index (χ4n) is 0.999. The lowest BCUT2D eigenvalue weighted by Gasteiger charge is -2.08. The van der Waals surface area contributed by atoms with E-state index in [1.54, 1.807) is 12.1 Å². The molecule has 4 heteroatoms. The van der Waals surface area contributed by atoms with Crippen molar-refractivity contribution in [2.24, 2.45) is 0 Å². The largest absolute Gasteiger partial charge is 0.480 e. The summed E-state index contributed by atoms with van der Waals surface area (Å²) in [6.45, 7) is 1.84. The Hall–Kier alpha value is -0.540. The minimum Gasteiger partial charge on any atom is -0.480 e.